The molecular formula is C14H19ClN4. The summed E-state index contributed by atoms with van der Waals surface area (Å²) >= 11 is 6.27. The van der Waals surface area contributed by atoms with E-state index in [1.165, 1.54) is 0 Å². The average molecular weight is 279 g/mol. The number of hydrogen-bond donors (Lipinski definition) is 1. The third-order valence-corrected chi connectivity index (χ3v) is 3.18. The first-order valence-electron chi connectivity index (χ1n) is 6.45. The summed E-state index contributed by atoms with van der Waals surface area (Å²) in [7, 11) is 0. The van der Waals surface area contributed by atoms with Crippen molar-refractivity contribution in [2.75, 3.05) is 6.54 Å². The zero-order chi connectivity index (χ0) is 13.8. The van der Waals surface area contributed by atoms with Crippen LogP contribution in [0.15, 0.2) is 24.4 Å². The van der Waals surface area contributed by atoms with Crippen LogP contribution in [0.3, 0.4) is 0 Å². The number of halogens is 1. The minimum atomic E-state index is 0.617. The third-order valence-electron chi connectivity index (χ3n) is 2.88. The molecule has 0 aliphatic heterocycles. The average Bonchev–Trinajstić information content (AvgIpc) is 2.77. The first-order chi connectivity index (χ1) is 9.09. The molecule has 0 saturated heterocycles. The molecule has 0 atom stereocenters. The molecule has 0 amide bonds. The largest absolute Gasteiger partial charge is 0.311 e. The van der Waals surface area contributed by atoms with E-state index in [2.05, 4.69) is 29.5 Å². The normalized spacial score (nSPS) is 11.2. The topological polar surface area (TPSA) is 42.7 Å². The van der Waals surface area contributed by atoms with E-state index in [1.54, 1.807) is 6.20 Å². The smallest absolute Gasteiger partial charge is 0.0882 e. The second-order valence-electron chi connectivity index (χ2n) is 5.07. The molecule has 19 heavy (non-hydrogen) atoms. The summed E-state index contributed by atoms with van der Waals surface area (Å²) in [6.07, 6.45) is 1.77. The number of benzene rings is 1. The van der Waals surface area contributed by atoms with Gasteiger partial charge in [0.05, 0.1) is 22.6 Å². The van der Waals surface area contributed by atoms with Crippen LogP contribution in [0.25, 0.3) is 5.69 Å². The Hall–Kier alpha value is -1.39. The molecule has 0 spiro atoms. The molecule has 5 heteroatoms. The highest BCUT2D eigenvalue weighted by molar-refractivity contribution is 6.32. The van der Waals surface area contributed by atoms with Crippen LogP contribution in [0.1, 0.15) is 25.1 Å². The fraction of sp³-hybridized carbons (Fsp3) is 0.429. The summed E-state index contributed by atoms with van der Waals surface area (Å²) in [5.41, 5.74) is 3.00. The third kappa shape index (κ3) is 3.33. The number of para-hydroxylation sites is 1. The number of nitrogens with zero attached hydrogens (tertiary/aromatic N) is 3. The Kier molecular flexibility index (Phi) is 4.56. The van der Waals surface area contributed by atoms with Crippen molar-refractivity contribution in [2.45, 2.75) is 27.3 Å². The summed E-state index contributed by atoms with van der Waals surface area (Å²) in [5.74, 6) is 0.617. The quantitative estimate of drug-likeness (QED) is 0.914. The van der Waals surface area contributed by atoms with Gasteiger partial charge in [-0.1, -0.05) is 42.8 Å². The lowest BCUT2D eigenvalue weighted by Gasteiger charge is -2.12. The Balaban J connectivity index is 2.24. The first-order valence-corrected chi connectivity index (χ1v) is 6.83. The van der Waals surface area contributed by atoms with Crippen LogP contribution in [0.5, 0.6) is 0 Å². The molecule has 0 unspecified atom stereocenters. The van der Waals surface area contributed by atoms with Crippen LogP contribution < -0.4 is 5.32 Å². The van der Waals surface area contributed by atoms with Crippen molar-refractivity contribution in [1.82, 2.24) is 20.3 Å². The van der Waals surface area contributed by atoms with E-state index >= 15 is 0 Å². The van der Waals surface area contributed by atoms with Gasteiger partial charge in [0.1, 0.15) is 0 Å². The maximum Gasteiger partial charge on any atom is 0.0882 e. The van der Waals surface area contributed by atoms with Gasteiger partial charge in [-0.05, 0) is 31.0 Å². The molecule has 1 aromatic heterocycles. The van der Waals surface area contributed by atoms with Gasteiger partial charge < -0.3 is 5.32 Å². The predicted octanol–water partition coefficient (Wildman–Crippen LogP) is 2.97. The molecule has 2 aromatic rings. The van der Waals surface area contributed by atoms with Gasteiger partial charge in [0.15, 0.2) is 0 Å². The summed E-state index contributed by atoms with van der Waals surface area (Å²) in [6, 6.07) is 5.83. The van der Waals surface area contributed by atoms with Crippen LogP contribution in [-0.4, -0.2) is 21.5 Å². The molecule has 0 saturated carbocycles. The number of aromatic nitrogens is 3. The van der Waals surface area contributed by atoms with Gasteiger partial charge in [-0.2, -0.15) is 0 Å². The highest BCUT2D eigenvalue weighted by atomic mass is 35.5. The molecule has 102 valence electrons. The van der Waals surface area contributed by atoms with E-state index in [0.717, 1.165) is 30.0 Å². The van der Waals surface area contributed by atoms with Crippen LogP contribution in [0, 0.1) is 12.8 Å². The second-order valence-corrected chi connectivity index (χ2v) is 5.47. The number of nitrogens with one attached hydrogen (secondary N) is 1. The molecule has 4 nitrogen and oxygen atoms in total. The fourth-order valence-corrected chi connectivity index (χ4v) is 2.25. The van der Waals surface area contributed by atoms with E-state index in [9.17, 15) is 0 Å². The van der Waals surface area contributed by atoms with Crippen LogP contribution in [0.4, 0.5) is 0 Å². The second kappa shape index (κ2) is 6.17. The van der Waals surface area contributed by atoms with Crippen molar-refractivity contribution in [3.05, 3.63) is 40.7 Å². The zero-order valence-corrected chi connectivity index (χ0v) is 12.3. The number of rotatable bonds is 5. The van der Waals surface area contributed by atoms with Crippen LogP contribution in [-0.2, 0) is 6.54 Å². The van der Waals surface area contributed by atoms with E-state index < -0.39 is 0 Å². The lowest BCUT2D eigenvalue weighted by atomic mass is 10.2. The Labute approximate surface area is 118 Å². The summed E-state index contributed by atoms with van der Waals surface area (Å²) < 4.78 is 1.81. The maximum atomic E-state index is 6.27. The molecule has 0 aliphatic carbocycles. The minimum Gasteiger partial charge on any atom is -0.311 e. The fourth-order valence-electron chi connectivity index (χ4n) is 1.95. The van der Waals surface area contributed by atoms with E-state index in [-0.39, 0.29) is 0 Å². The molecule has 0 aliphatic rings. The molecule has 0 fully saturated rings. The van der Waals surface area contributed by atoms with Crippen LogP contribution >= 0.6 is 11.6 Å². The van der Waals surface area contributed by atoms with Gasteiger partial charge in [-0.3, -0.25) is 0 Å². The predicted molar refractivity (Wildman–Crippen MR) is 77.7 cm³/mol. The van der Waals surface area contributed by atoms with E-state index in [1.807, 2.05) is 29.8 Å². The molecule has 0 bridgehead atoms. The van der Waals surface area contributed by atoms with Crippen molar-refractivity contribution in [3.8, 4) is 5.69 Å². The molecule has 1 N–H and O–H groups in total. The summed E-state index contributed by atoms with van der Waals surface area (Å²) in [5, 5.41) is 12.2. The van der Waals surface area contributed by atoms with Crippen molar-refractivity contribution in [2.24, 2.45) is 5.92 Å². The molecular weight excluding hydrogens is 260 g/mol. The molecule has 1 heterocycles. The highest BCUT2D eigenvalue weighted by Crippen LogP contribution is 2.24. The van der Waals surface area contributed by atoms with Gasteiger partial charge in [-0.15, -0.1) is 5.10 Å². The highest BCUT2D eigenvalue weighted by Gasteiger charge is 2.11. The molecule has 1 aromatic carbocycles. The monoisotopic (exact) mass is 278 g/mol. The van der Waals surface area contributed by atoms with E-state index in [0.29, 0.717) is 10.9 Å². The Morgan fingerprint density at radius 3 is 2.84 bits per heavy atom. The first kappa shape index (κ1) is 14.0. The Morgan fingerprint density at radius 2 is 2.16 bits per heavy atom. The number of hydrogen-bond acceptors (Lipinski definition) is 3. The Morgan fingerprint density at radius 1 is 1.37 bits per heavy atom. The summed E-state index contributed by atoms with van der Waals surface area (Å²) in [6.45, 7) is 8.08. The number of aryl methyl sites for hydroxylation is 1. The molecule has 2 rings (SSSR count). The van der Waals surface area contributed by atoms with Crippen LogP contribution in [0.2, 0.25) is 5.02 Å². The van der Waals surface area contributed by atoms with Gasteiger partial charge in [0, 0.05) is 6.54 Å². The van der Waals surface area contributed by atoms with Crippen molar-refractivity contribution in [3.63, 3.8) is 0 Å². The van der Waals surface area contributed by atoms with Crippen molar-refractivity contribution in [1.29, 1.82) is 0 Å². The van der Waals surface area contributed by atoms with Gasteiger partial charge in [-0.25, -0.2) is 4.68 Å². The Bertz CT molecular complexity index is 528. The molecule has 0 radical (unpaired) electrons. The minimum absolute atomic E-state index is 0.617. The zero-order valence-electron chi connectivity index (χ0n) is 11.5. The lowest BCUT2D eigenvalue weighted by Crippen LogP contribution is -2.21. The SMILES string of the molecule is Cc1cccc(Cl)c1-n1nncc1CNCC(C)C. The maximum absolute atomic E-state index is 6.27. The van der Waals surface area contributed by atoms with E-state index in [4.69, 9.17) is 11.6 Å². The van der Waals surface area contributed by atoms with Gasteiger partial charge in [0.25, 0.3) is 0 Å². The van der Waals surface area contributed by atoms with Crippen molar-refractivity contribution >= 4 is 11.6 Å². The summed E-state index contributed by atoms with van der Waals surface area (Å²) in [4.78, 5) is 0. The lowest BCUT2D eigenvalue weighted by molar-refractivity contribution is 0.542. The van der Waals surface area contributed by atoms with Gasteiger partial charge in [0.2, 0.25) is 0 Å². The van der Waals surface area contributed by atoms with Gasteiger partial charge >= 0.3 is 0 Å². The standard InChI is InChI=1S/C14H19ClN4/c1-10(2)7-16-8-12-9-17-18-19(12)14-11(3)5-4-6-13(14)15/h4-6,9-10,16H,7-8H2,1-3H3. The van der Waals surface area contributed by atoms with Crippen molar-refractivity contribution < 1.29 is 0 Å².